The van der Waals surface area contributed by atoms with Gasteiger partial charge in [0.25, 0.3) is 0 Å². The van der Waals surface area contributed by atoms with Gasteiger partial charge in [0, 0.05) is 6.54 Å². The van der Waals surface area contributed by atoms with Crippen molar-refractivity contribution < 1.29 is 4.21 Å². The highest BCUT2D eigenvalue weighted by molar-refractivity contribution is 7.99. The Morgan fingerprint density at radius 1 is 1.05 bits per heavy atom. The van der Waals surface area contributed by atoms with Crippen LogP contribution < -0.4 is 5.32 Å². The van der Waals surface area contributed by atoms with Crippen molar-refractivity contribution in [2.24, 2.45) is 4.99 Å². The summed E-state index contributed by atoms with van der Waals surface area (Å²) in [5.74, 6) is 0. The fraction of sp³-hybridized carbons (Fsp3) is 0.235. The number of hydrogen-bond acceptors (Lipinski definition) is 3. The topological polar surface area (TPSA) is 41.5 Å². The first kappa shape index (κ1) is 14.2. The maximum atomic E-state index is 11.7. The average Bonchev–Trinajstić information content (AvgIpc) is 2.89. The fourth-order valence-electron chi connectivity index (χ4n) is 2.39. The molecule has 0 radical (unpaired) electrons. The van der Waals surface area contributed by atoms with Crippen molar-refractivity contribution in [3.63, 3.8) is 0 Å². The van der Waals surface area contributed by atoms with Crippen LogP contribution >= 0.6 is 0 Å². The minimum atomic E-state index is -1.05. The molecule has 4 heteroatoms. The van der Waals surface area contributed by atoms with Gasteiger partial charge in [-0.3, -0.25) is 0 Å². The summed E-state index contributed by atoms with van der Waals surface area (Å²) < 4.78 is 11.7. The van der Waals surface area contributed by atoms with E-state index in [0.717, 1.165) is 36.5 Å². The zero-order valence-corrected chi connectivity index (χ0v) is 12.6. The van der Waals surface area contributed by atoms with E-state index in [2.05, 4.69) is 40.6 Å². The molecule has 0 saturated heterocycles. The van der Waals surface area contributed by atoms with E-state index in [0.29, 0.717) is 0 Å². The van der Waals surface area contributed by atoms with Gasteiger partial charge in [0.2, 0.25) is 0 Å². The molecule has 2 aromatic carbocycles. The quantitative estimate of drug-likeness (QED) is 0.832. The predicted molar refractivity (Wildman–Crippen MR) is 87.5 cm³/mol. The third kappa shape index (κ3) is 3.65. The molecule has 21 heavy (non-hydrogen) atoms. The van der Waals surface area contributed by atoms with Gasteiger partial charge < -0.3 is 5.32 Å². The summed E-state index contributed by atoms with van der Waals surface area (Å²) in [5.41, 5.74) is 4.89. The zero-order chi connectivity index (χ0) is 14.5. The molecule has 1 unspecified atom stereocenters. The van der Waals surface area contributed by atoms with Crippen LogP contribution in [0.2, 0.25) is 0 Å². The summed E-state index contributed by atoms with van der Waals surface area (Å²) in [4.78, 5) is 4.98. The summed E-state index contributed by atoms with van der Waals surface area (Å²) in [6.45, 7) is 1.88. The van der Waals surface area contributed by atoms with Crippen molar-refractivity contribution in [3.8, 4) is 0 Å². The van der Waals surface area contributed by atoms with Crippen LogP contribution in [0.25, 0.3) is 0 Å². The molecule has 1 aliphatic rings. The van der Waals surface area contributed by atoms with Gasteiger partial charge in [-0.1, -0.05) is 36.4 Å². The van der Waals surface area contributed by atoms with Crippen molar-refractivity contribution in [3.05, 3.63) is 59.7 Å². The monoisotopic (exact) mass is 298 g/mol. The van der Waals surface area contributed by atoms with E-state index in [1.807, 2.05) is 18.2 Å². The lowest BCUT2D eigenvalue weighted by molar-refractivity contribution is 0.649. The van der Waals surface area contributed by atoms with Gasteiger partial charge in [-0.25, -0.2) is 9.20 Å². The van der Waals surface area contributed by atoms with Gasteiger partial charge in [0.1, 0.15) is 0 Å². The second kappa shape index (κ2) is 6.78. The van der Waals surface area contributed by atoms with Gasteiger partial charge in [-0.05, 0) is 42.6 Å². The normalized spacial score (nSPS) is 16.1. The van der Waals surface area contributed by atoms with Crippen molar-refractivity contribution in [2.75, 3.05) is 6.54 Å². The van der Waals surface area contributed by atoms with E-state index in [9.17, 15) is 4.21 Å². The maximum Gasteiger partial charge on any atom is 0.0984 e. The summed E-state index contributed by atoms with van der Waals surface area (Å²) in [5, 5.41) is 3.45. The number of rotatable bonds is 6. The van der Waals surface area contributed by atoms with E-state index in [1.54, 1.807) is 0 Å². The summed E-state index contributed by atoms with van der Waals surface area (Å²) in [6, 6.07) is 16.5. The van der Waals surface area contributed by atoms with Crippen molar-refractivity contribution >= 4 is 22.0 Å². The molecule has 0 bridgehead atoms. The molecular formula is C17H18N2OS. The molecular weight excluding hydrogens is 280 g/mol. The minimum Gasteiger partial charge on any atom is -0.313 e. The lowest BCUT2D eigenvalue weighted by atomic mass is 10.1. The smallest absolute Gasteiger partial charge is 0.0984 e. The van der Waals surface area contributed by atoms with E-state index in [1.165, 1.54) is 16.7 Å². The Hall–Kier alpha value is -1.78. The first-order valence-electron chi connectivity index (χ1n) is 7.15. The molecule has 0 saturated carbocycles. The lowest BCUT2D eigenvalue weighted by Crippen LogP contribution is -2.15. The van der Waals surface area contributed by atoms with E-state index in [-0.39, 0.29) is 0 Å². The molecule has 0 amide bonds. The molecule has 1 heterocycles. The molecule has 0 aliphatic carbocycles. The third-order valence-electron chi connectivity index (χ3n) is 3.52. The SMILES string of the molecule is O=S1C=Nc2ccc(CCCNCc3ccccc3)cc21. The highest BCUT2D eigenvalue weighted by Crippen LogP contribution is 2.28. The Morgan fingerprint density at radius 2 is 1.90 bits per heavy atom. The Kier molecular flexibility index (Phi) is 4.58. The number of aryl methyl sites for hydroxylation is 1. The number of aliphatic imine (C=N–C) groups is 1. The zero-order valence-electron chi connectivity index (χ0n) is 11.8. The molecule has 1 atom stereocenters. The van der Waals surface area contributed by atoms with Crippen LogP contribution in [-0.2, 0) is 23.8 Å². The van der Waals surface area contributed by atoms with Crippen molar-refractivity contribution in [2.45, 2.75) is 24.3 Å². The van der Waals surface area contributed by atoms with Crippen molar-refractivity contribution in [1.82, 2.24) is 5.32 Å². The molecule has 0 aromatic heterocycles. The van der Waals surface area contributed by atoms with E-state index < -0.39 is 10.8 Å². The maximum absolute atomic E-state index is 11.7. The molecule has 1 N–H and O–H groups in total. The second-order valence-electron chi connectivity index (χ2n) is 5.10. The van der Waals surface area contributed by atoms with Gasteiger partial charge >= 0.3 is 0 Å². The Bertz CT molecular complexity index is 668. The van der Waals surface area contributed by atoms with Gasteiger partial charge in [-0.15, -0.1) is 0 Å². The number of nitrogens with zero attached hydrogens (tertiary/aromatic N) is 1. The molecule has 3 rings (SSSR count). The van der Waals surface area contributed by atoms with Crippen LogP contribution in [0.5, 0.6) is 0 Å². The van der Waals surface area contributed by atoms with Gasteiger partial charge in [0.05, 0.1) is 26.9 Å². The van der Waals surface area contributed by atoms with Crippen LogP contribution in [-0.4, -0.2) is 16.3 Å². The fourth-order valence-corrected chi connectivity index (χ4v) is 3.31. The van der Waals surface area contributed by atoms with Crippen molar-refractivity contribution in [1.29, 1.82) is 0 Å². The summed E-state index contributed by atoms with van der Waals surface area (Å²) in [6.07, 6.45) is 2.06. The summed E-state index contributed by atoms with van der Waals surface area (Å²) in [7, 11) is -1.05. The van der Waals surface area contributed by atoms with Crippen LogP contribution in [0, 0.1) is 0 Å². The standard InChI is InChI=1S/C17H18N2OS/c20-21-13-19-16-9-8-14(11-17(16)21)7-4-10-18-12-15-5-2-1-3-6-15/h1-3,5-6,8-9,11,13,18H,4,7,10,12H2. The minimum absolute atomic E-state index is 0.847. The number of hydrogen-bond donors (Lipinski definition) is 1. The number of benzene rings is 2. The van der Waals surface area contributed by atoms with Crippen LogP contribution in [0.15, 0.2) is 58.4 Å². The highest BCUT2D eigenvalue weighted by atomic mass is 32.2. The Balaban J connectivity index is 1.44. The Morgan fingerprint density at radius 3 is 2.76 bits per heavy atom. The van der Waals surface area contributed by atoms with Crippen LogP contribution in [0.3, 0.4) is 0 Å². The number of nitrogens with one attached hydrogen (secondary N) is 1. The molecule has 3 nitrogen and oxygen atoms in total. The van der Waals surface area contributed by atoms with E-state index in [4.69, 9.17) is 0 Å². The molecule has 108 valence electrons. The lowest BCUT2D eigenvalue weighted by Gasteiger charge is -2.06. The van der Waals surface area contributed by atoms with Gasteiger partial charge in [0.15, 0.2) is 0 Å². The highest BCUT2D eigenvalue weighted by Gasteiger charge is 2.13. The largest absolute Gasteiger partial charge is 0.313 e. The van der Waals surface area contributed by atoms with Gasteiger partial charge in [-0.2, -0.15) is 0 Å². The van der Waals surface area contributed by atoms with E-state index >= 15 is 0 Å². The van der Waals surface area contributed by atoms with Crippen LogP contribution in [0.4, 0.5) is 5.69 Å². The first-order valence-corrected chi connectivity index (χ1v) is 8.36. The first-order chi connectivity index (χ1) is 10.3. The summed E-state index contributed by atoms with van der Waals surface area (Å²) >= 11 is 0. The third-order valence-corrected chi connectivity index (χ3v) is 4.58. The predicted octanol–water partition coefficient (Wildman–Crippen LogP) is 3.19. The molecule has 2 aromatic rings. The molecule has 0 fully saturated rings. The average molecular weight is 298 g/mol. The second-order valence-corrected chi connectivity index (χ2v) is 6.35. The molecule has 1 aliphatic heterocycles. The molecule has 0 spiro atoms. The Labute approximate surface area is 127 Å². The van der Waals surface area contributed by atoms with Crippen LogP contribution in [0.1, 0.15) is 17.5 Å². The number of fused-ring (bicyclic) bond motifs is 1.